The molecule has 2 rings (SSSR count). The molecule has 0 spiro atoms. The summed E-state index contributed by atoms with van der Waals surface area (Å²) in [5.74, 6) is 0. The van der Waals surface area contributed by atoms with E-state index in [4.69, 9.17) is 5.73 Å². The summed E-state index contributed by atoms with van der Waals surface area (Å²) in [5.41, 5.74) is 7.51. The van der Waals surface area contributed by atoms with Gasteiger partial charge in [-0.2, -0.15) is 6.92 Å². The number of nitrogens with zero attached hydrogens (tertiary/aromatic N) is 1. The zero-order valence-corrected chi connectivity index (χ0v) is 11.9. The van der Waals surface area contributed by atoms with Crippen molar-refractivity contribution in [2.75, 3.05) is 5.73 Å². The third kappa shape index (κ3) is 11.1. The van der Waals surface area contributed by atoms with Crippen LogP contribution in [0.1, 0.15) is 12.5 Å². The van der Waals surface area contributed by atoms with Crippen molar-refractivity contribution in [3.05, 3.63) is 67.3 Å². The summed E-state index contributed by atoms with van der Waals surface area (Å²) in [5, 5.41) is 0. The van der Waals surface area contributed by atoms with Crippen LogP contribution in [-0.4, -0.2) is 4.98 Å². The molecule has 1 heterocycles. The van der Waals surface area contributed by atoms with Crippen LogP contribution < -0.4 is 5.73 Å². The number of hydrogen-bond acceptors (Lipinski definition) is 2. The summed E-state index contributed by atoms with van der Waals surface area (Å²) in [6.45, 7) is 7.04. The molecular formula is C14H19N2Rh-. The number of nitrogen functional groups attached to an aromatic ring is 1. The van der Waals surface area contributed by atoms with Crippen LogP contribution in [0.4, 0.5) is 5.69 Å². The van der Waals surface area contributed by atoms with Gasteiger partial charge in [-0.3, -0.25) is 4.98 Å². The molecule has 0 unspecified atom stereocenters. The zero-order chi connectivity index (χ0) is 12.2. The van der Waals surface area contributed by atoms with Gasteiger partial charge in [-0.1, -0.05) is 23.8 Å². The van der Waals surface area contributed by atoms with Crippen molar-refractivity contribution in [3.63, 3.8) is 0 Å². The van der Waals surface area contributed by atoms with Gasteiger partial charge in [0.1, 0.15) is 0 Å². The molecule has 0 aliphatic carbocycles. The van der Waals surface area contributed by atoms with E-state index in [1.807, 2.05) is 49.4 Å². The Kier molecular flexibility index (Phi) is 13.7. The molecule has 2 N–H and O–H groups in total. The van der Waals surface area contributed by atoms with E-state index in [1.165, 1.54) is 5.56 Å². The van der Waals surface area contributed by atoms with Gasteiger partial charge in [-0.05, 0) is 31.2 Å². The van der Waals surface area contributed by atoms with E-state index in [1.54, 1.807) is 19.3 Å². The molecule has 0 aliphatic rings. The van der Waals surface area contributed by atoms with Crippen LogP contribution in [0.5, 0.6) is 0 Å². The van der Waals surface area contributed by atoms with Crippen LogP contribution in [-0.2, 0) is 19.5 Å². The van der Waals surface area contributed by atoms with Crippen LogP contribution in [0.15, 0.2) is 54.9 Å². The third-order valence-electron chi connectivity index (χ3n) is 1.64. The second kappa shape index (κ2) is 12.9. The van der Waals surface area contributed by atoms with Crippen LogP contribution >= 0.6 is 0 Å². The number of aryl methyl sites for hydroxylation is 1. The van der Waals surface area contributed by atoms with Crippen LogP contribution in [0, 0.1) is 13.8 Å². The SMILES string of the molecule is Cc1ccc(N)cc1.[CH2-]C.[Rh].c1ccncc1. The van der Waals surface area contributed by atoms with Gasteiger partial charge < -0.3 is 12.7 Å². The number of pyridine rings is 1. The largest absolute Gasteiger partial charge is 0.399 e. The average Bonchev–Trinajstić information content (AvgIpc) is 2.38. The minimum Gasteiger partial charge on any atom is -0.399 e. The summed E-state index contributed by atoms with van der Waals surface area (Å²) in [6.07, 6.45) is 3.50. The van der Waals surface area contributed by atoms with Crippen LogP contribution in [0.25, 0.3) is 0 Å². The number of anilines is 1. The van der Waals surface area contributed by atoms with Gasteiger partial charge in [0.15, 0.2) is 0 Å². The van der Waals surface area contributed by atoms with Gasteiger partial charge in [0.2, 0.25) is 0 Å². The van der Waals surface area contributed by atoms with E-state index in [9.17, 15) is 0 Å². The maximum Gasteiger partial charge on any atom is 0.0314 e. The van der Waals surface area contributed by atoms with Crippen molar-refractivity contribution in [2.24, 2.45) is 0 Å². The van der Waals surface area contributed by atoms with Crippen molar-refractivity contribution in [2.45, 2.75) is 13.8 Å². The monoisotopic (exact) mass is 318 g/mol. The van der Waals surface area contributed by atoms with E-state index in [0.29, 0.717) is 0 Å². The van der Waals surface area contributed by atoms with Gasteiger partial charge in [0, 0.05) is 37.6 Å². The number of nitrogens with two attached hydrogens (primary N) is 1. The first kappa shape index (κ1) is 18.2. The zero-order valence-electron chi connectivity index (χ0n) is 10.3. The summed E-state index contributed by atoms with van der Waals surface area (Å²) in [6, 6.07) is 13.5. The summed E-state index contributed by atoms with van der Waals surface area (Å²) >= 11 is 0. The molecule has 0 aliphatic heterocycles. The molecular weight excluding hydrogens is 299 g/mol. The van der Waals surface area contributed by atoms with Crippen molar-refractivity contribution < 1.29 is 19.5 Å². The first-order valence-electron chi connectivity index (χ1n) is 5.17. The minimum atomic E-state index is 0. The fraction of sp³-hybridized carbons (Fsp3) is 0.143. The summed E-state index contributed by atoms with van der Waals surface area (Å²) in [4.78, 5) is 3.78. The Bertz CT molecular complexity index is 299. The normalized spacial score (nSPS) is 7.47. The molecule has 17 heavy (non-hydrogen) atoms. The average molecular weight is 318 g/mol. The van der Waals surface area contributed by atoms with Crippen LogP contribution in [0.3, 0.4) is 0 Å². The van der Waals surface area contributed by atoms with E-state index >= 15 is 0 Å². The van der Waals surface area contributed by atoms with Gasteiger partial charge in [0.25, 0.3) is 0 Å². The molecule has 0 fully saturated rings. The Morgan fingerprint density at radius 3 is 1.65 bits per heavy atom. The first-order valence-corrected chi connectivity index (χ1v) is 5.17. The maximum atomic E-state index is 5.43. The molecule has 1 aromatic carbocycles. The Morgan fingerprint density at radius 1 is 0.941 bits per heavy atom. The third-order valence-corrected chi connectivity index (χ3v) is 1.64. The molecule has 95 valence electrons. The topological polar surface area (TPSA) is 38.9 Å². The second-order valence-electron chi connectivity index (χ2n) is 2.94. The number of benzene rings is 1. The Morgan fingerprint density at radius 2 is 1.41 bits per heavy atom. The quantitative estimate of drug-likeness (QED) is 0.459. The number of hydrogen-bond donors (Lipinski definition) is 1. The molecule has 0 saturated carbocycles. The van der Waals surface area contributed by atoms with Gasteiger partial charge >= 0.3 is 0 Å². The van der Waals surface area contributed by atoms with Crippen molar-refractivity contribution >= 4 is 5.69 Å². The maximum absolute atomic E-state index is 5.43. The molecule has 0 saturated heterocycles. The predicted octanol–water partition coefficient (Wildman–Crippen LogP) is 3.50. The molecule has 0 amide bonds. The first-order chi connectivity index (χ1) is 7.79. The summed E-state index contributed by atoms with van der Waals surface area (Å²) in [7, 11) is 0. The smallest absolute Gasteiger partial charge is 0.0314 e. The Hall–Kier alpha value is -1.21. The molecule has 3 heteroatoms. The fourth-order valence-electron chi connectivity index (χ4n) is 0.879. The standard InChI is InChI=1S/C7H9N.C5H5N.C2H5.Rh/c1-6-2-4-7(8)5-3-6;1-2-4-6-5-3-1;1-2;/h2-5H,8H2,1H3;1-5H;1H2,2H3;/q;;-1;. The van der Waals surface area contributed by atoms with Gasteiger partial charge in [0.05, 0.1) is 0 Å². The van der Waals surface area contributed by atoms with Crippen molar-refractivity contribution in [3.8, 4) is 0 Å². The van der Waals surface area contributed by atoms with Crippen LogP contribution in [0.2, 0.25) is 0 Å². The second-order valence-corrected chi connectivity index (χ2v) is 2.94. The van der Waals surface area contributed by atoms with Crippen molar-refractivity contribution in [1.82, 2.24) is 4.98 Å². The van der Waals surface area contributed by atoms with E-state index in [2.05, 4.69) is 11.9 Å². The molecule has 2 aromatic rings. The predicted molar refractivity (Wildman–Crippen MR) is 70.9 cm³/mol. The Balaban J connectivity index is 0. The number of rotatable bonds is 0. The van der Waals surface area contributed by atoms with E-state index in [0.717, 1.165) is 5.69 Å². The molecule has 2 nitrogen and oxygen atoms in total. The summed E-state index contributed by atoms with van der Waals surface area (Å²) < 4.78 is 0. The van der Waals surface area contributed by atoms with Gasteiger partial charge in [-0.15, -0.1) is 0 Å². The Labute approximate surface area is 117 Å². The molecule has 0 bridgehead atoms. The molecule has 0 atom stereocenters. The van der Waals surface area contributed by atoms with Gasteiger partial charge in [-0.25, -0.2) is 0 Å². The number of aromatic nitrogens is 1. The van der Waals surface area contributed by atoms with E-state index < -0.39 is 0 Å². The van der Waals surface area contributed by atoms with E-state index in [-0.39, 0.29) is 19.5 Å². The van der Waals surface area contributed by atoms with Crippen molar-refractivity contribution in [1.29, 1.82) is 0 Å². The molecule has 1 radical (unpaired) electrons. The minimum absolute atomic E-state index is 0. The molecule has 1 aromatic heterocycles. The fourth-order valence-corrected chi connectivity index (χ4v) is 0.879.